The number of likely N-dealkylation sites (N-methyl/N-ethyl adjacent to an activating group) is 1. The first-order chi connectivity index (χ1) is 7.26. The van der Waals surface area contributed by atoms with E-state index in [9.17, 15) is 0 Å². The van der Waals surface area contributed by atoms with Gasteiger partial charge in [0.15, 0.2) is 0 Å². The summed E-state index contributed by atoms with van der Waals surface area (Å²) in [7, 11) is 2.16. The molecule has 1 aromatic rings. The predicted octanol–water partition coefficient (Wildman–Crippen LogP) is 2.13. The summed E-state index contributed by atoms with van der Waals surface area (Å²) in [5.74, 6) is 0.529. The molecule has 82 valence electrons. The zero-order chi connectivity index (χ0) is 10.8. The Kier molecular flexibility index (Phi) is 2.96. The molecule has 2 rings (SSSR count). The van der Waals surface area contributed by atoms with Crippen molar-refractivity contribution in [3.05, 3.63) is 29.3 Å². The maximum Gasteiger partial charge on any atom is 0.0397 e. The van der Waals surface area contributed by atoms with Gasteiger partial charge in [-0.2, -0.15) is 0 Å². The van der Waals surface area contributed by atoms with E-state index in [0.717, 1.165) is 19.5 Å². The second kappa shape index (κ2) is 4.23. The van der Waals surface area contributed by atoms with E-state index in [1.54, 1.807) is 0 Å². The van der Waals surface area contributed by atoms with Gasteiger partial charge in [-0.05, 0) is 42.5 Å². The lowest BCUT2D eigenvalue weighted by Gasteiger charge is -2.16. The van der Waals surface area contributed by atoms with Crippen molar-refractivity contribution in [2.75, 3.05) is 25.0 Å². The summed E-state index contributed by atoms with van der Waals surface area (Å²) in [5.41, 5.74) is 10.1. The van der Waals surface area contributed by atoms with Crippen molar-refractivity contribution in [1.29, 1.82) is 0 Å². The van der Waals surface area contributed by atoms with E-state index in [0.29, 0.717) is 5.92 Å². The third kappa shape index (κ3) is 1.86. The number of benzene rings is 1. The Morgan fingerprint density at radius 2 is 2.27 bits per heavy atom. The van der Waals surface area contributed by atoms with Gasteiger partial charge in [0.25, 0.3) is 0 Å². The standard InChI is InChI=1S/C13H20N2/c1-3-10(9-14)11-4-5-13-12(8-11)6-7-15(13)2/h4-5,8,10H,3,6-7,9,14H2,1-2H3. The fourth-order valence-corrected chi connectivity index (χ4v) is 2.38. The molecule has 0 aliphatic carbocycles. The number of nitrogens with two attached hydrogens (primary N) is 1. The molecule has 1 heterocycles. The van der Waals surface area contributed by atoms with Crippen LogP contribution in [-0.2, 0) is 6.42 Å². The van der Waals surface area contributed by atoms with Gasteiger partial charge in [0.2, 0.25) is 0 Å². The lowest BCUT2D eigenvalue weighted by atomic mass is 9.94. The number of nitrogens with zero attached hydrogens (tertiary/aromatic N) is 1. The average molecular weight is 204 g/mol. The third-order valence-corrected chi connectivity index (χ3v) is 3.48. The fourth-order valence-electron chi connectivity index (χ4n) is 2.38. The summed E-state index contributed by atoms with van der Waals surface area (Å²) in [4.78, 5) is 2.32. The van der Waals surface area contributed by atoms with Gasteiger partial charge >= 0.3 is 0 Å². The molecule has 2 N–H and O–H groups in total. The summed E-state index contributed by atoms with van der Waals surface area (Å²) in [6.07, 6.45) is 2.31. The van der Waals surface area contributed by atoms with Crippen LogP contribution in [0.2, 0.25) is 0 Å². The zero-order valence-electron chi connectivity index (χ0n) is 9.66. The van der Waals surface area contributed by atoms with E-state index in [1.807, 2.05) is 0 Å². The molecule has 0 fully saturated rings. The van der Waals surface area contributed by atoms with Crippen molar-refractivity contribution in [2.24, 2.45) is 5.73 Å². The van der Waals surface area contributed by atoms with Crippen molar-refractivity contribution in [3.63, 3.8) is 0 Å². The Hall–Kier alpha value is -1.02. The van der Waals surface area contributed by atoms with Crippen LogP contribution in [0.3, 0.4) is 0 Å². The maximum absolute atomic E-state index is 5.78. The Morgan fingerprint density at radius 3 is 2.93 bits per heavy atom. The van der Waals surface area contributed by atoms with E-state index in [4.69, 9.17) is 5.73 Å². The van der Waals surface area contributed by atoms with Crippen LogP contribution in [0.4, 0.5) is 5.69 Å². The highest BCUT2D eigenvalue weighted by Gasteiger charge is 2.17. The molecule has 0 saturated heterocycles. The molecule has 0 bridgehead atoms. The second-order valence-corrected chi connectivity index (χ2v) is 4.40. The highest BCUT2D eigenvalue weighted by molar-refractivity contribution is 5.58. The molecule has 0 spiro atoms. The molecule has 1 unspecified atom stereocenters. The first-order valence-corrected chi connectivity index (χ1v) is 5.80. The topological polar surface area (TPSA) is 29.3 Å². The number of hydrogen-bond donors (Lipinski definition) is 1. The van der Waals surface area contributed by atoms with Crippen molar-refractivity contribution in [3.8, 4) is 0 Å². The largest absolute Gasteiger partial charge is 0.374 e. The van der Waals surface area contributed by atoms with Crippen LogP contribution in [-0.4, -0.2) is 20.1 Å². The minimum Gasteiger partial charge on any atom is -0.374 e. The second-order valence-electron chi connectivity index (χ2n) is 4.40. The predicted molar refractivity (Wildman–Crippen MR) is 65.5 cm³/mol. The SMILES string of the molecule is CCC(CN)c1ccc2c(c1)CCN2C. The molecule has 0 saturated carbocycles. The summed E-state index contributed by atoms with van der Waals surface area (Å²) in [6.45, 7) is 4.11. The summed E-state index contributed by atoms with van der Waals surface area (Å²) in [5, 5.41) is 0. The first-order valence-electron chi connectivity index (χ1n) is 5.80. The monoisotopic (exact) mass is 204 g/mol. The van der Waals surface area contributed by atoms with Crippen LogP contribution in [0.1, 0.15) is 30.4 Å². The lowest BCUT2D eigenvalue weighted by molar-refractivity contribution is 0.674. The van der Waals surface area contributed by atoms with Gasteiger partial charge in [0, 0.05) is 19.3 Å². The molecule has 2 heteroatoms. The van der Waals surface area contributed by atoms with Gasteiger partial charge in [-0.3, -0.25) is 0 Å². The number of anilines is 1. The fraction of sp³-hybridized carbons (Fsp3) is 0.538. The first kappa shape index (κ1) is 10.5. The molecule has 0 radical (unpaired) electrons. The molecule has 0 aromatic heterocycles. The van der Waals surface area contributed by atoms with Crippen LogP contribution >= 0.6 is 0 Å². The Bertz CT molecular complexity index is 342. The smallest absolute Gasteiger partial charge is 0.0397 e. The maximum atomic E-state index is 5.78. The molecule has 1 aromatic carbocycles. The summed E-state index contributed by atoms with van der Waals surface area (Å²) in [6, 6.07) is 6.83. The van der Waals surface area contributed by atoms with Crippen LogP contribution < -0.4 is 10.6 Å². The minimum atomic E-state index is 0.529. The Balaban J connectivity index is 2.30. The molecule has 1 aliphatic heterocycles. The van der Waals surface area contributed by atoms with Crippen molar-refractivity contribution >= 4 is 5.69 Å². The normalized spacial score (nSPS) is 16.6. The minimum absolute atomic E-state index is 0.529. The van der Waals surface area contributed by atoms with E-state index >= 15 is 0 Å². The Morgan fingerprint density at radius 1 is 1.47 bits per heavy atom. The molecule has 0 amide bonds. The van der Waals surface area contributed by atoms with Gasteiger partial charge in [-0.15, -0.1) is 0 Å². The van der Waals surface area contributed by atoms with Gasteiger partial charge < -0.3 is 10.6 Å². The van der Waals surface area contributed by atoms with Crippen molar-refractivity contribution in [1.82, 2.24) is 0 Å². The van der Waals surface area contributed by atoms with Gasteiger partial charge in [0.05, 0.1) is 0 Å². The van der Waals surface area contributed by atoms with E-state index in [-0.39, 0.29) is 0 Å². The molecule has 1 atom stereocenters. The summed E-state index contributed by atoms with van der Waals surface area (Å²) >= 11 is 0. The van der Waals surface area contributed by atoms with Crippen LogP contribution in [0.25, 0.3) is 0 Å². The van der Waals surface area contributed by atoms with Gasteiger partial charge in [-0.1, -0.05) is 19.1 Å². The molecule has 1 aliphatic rings. The van der Waals surface area contributed by atoms with Crippen molar-refractivity contribution < 1.29 is 0 Å². The highest BCUT2D eigenvalue weighted by atomic mass is 15.1. The lowest BCUT2D eigenvalue weighted by Crippen LogP contribution is -2.13. The highest BCUT2D eigenvalue weighted by Crippen LogP contribution is 2.30. The van der Waals surface area contributed by atoms with Crippen LogP contribution in [0.5, 0.6) is 0 Å². The van der Waals surface area contributed by atoms with Crippen molar-refractivity contribution in [2.45, 2.75) is 25.7 Å². The van der Waals surface area contributed by atoms with Gasteiger partial charge in [0.1, 0.15) is 0 Å². The van der Waals surface area contributed by atoms with Crippen LogP contribution in [0.15, 0.2) is 18.2 Å². The molecular formula is C13H20N2. The number of hydrogen-bond acceptors (Lipinski definition) is 2. The molecular weight excluding hydrogens is 184 g/mol. The molecule has 15 heavy (non-hydrogen) atoms. The third-order valence-electron chi connectivity index (χ3n) is 3.48. The van der Waals surface area contributed by atoms with E-state index < -0.39 is 0 Å². The Labute approximate surface area is 92.1 Å². The number of fused-ring (bicyclic) bond motifs is 1. The average Bonchev–Trinajstić information content (AvgIpc) is 2.62. The van der Waals surface area contributed by atoms with Crippen LogP contribution in [0, 0.1) is 0 Å². The summed E-state index contributed by atoms with van der Waals surface area (Å²) < 4.78 is 0. The number of rotatable bonds is 3. The molecule has 2 nitrogen and oxygen atoms in total. The van der Waals surface area contributed by atoms with E-state index in [1.165, 1.54) is 23.2 Å². The van der Waals surface area contributed by atoms with E-state index in [2.05, 4.69) is 37.1 Å². The quantitative estimate of drug-likeness (QED) is 0.817. The van der Waals surface area contributed by atoms with Gasteiger partial charge in [-0.25, -0.2) is 0 Å². The zero-order valence-corrected chi connectivity index (χ0v) is 9.66.